The summed E-state index contributed by atoms with van der Waals surface area (Å²) < 4.78 is 14.3. The molecule has 0 spiro atoms. The van der Waals surface area contributed by atoms with Crippen LogP contribution in [0.2, 0.25) is 0 Å². The van der Waals surface area contributed by atoms with Crippen molar-refractivity contribution in [2.24, 2.45) is 0 Å². The molecular formula is C16H15FO. The molecule has 0 saturated heterocycles. The lowest BCUT2D eigenvalue weighted by molar-refractivity contribution is 0.611. The van der Waals surface area contributed by atoms with Gasteiger partial charge in [0, 0.05) is 11.1 Å². The molecule has 0 unspecified atom stereocenters. The molecule has 2 rings (SSSR count). The second-order valence-electron chi connectivity index (χ2n) is 4.22. The lowest BCUT2D eigenvalue weighted by Crippen LogP contribution is -2.02. The van der Waals surface area contributed by atoms with E-state index < -0.39 is 0 Å². The van der Waals surface area contributed by atoms with Gasteiger partial charge in [0.1, 0.15) is 5.82 Å². The summed E-state index contributed by atoms with van der Waals surface area (Å²) in [5.74, 6) is -0.275. The van der Waals surface area contributed by atoms with Crippen LogP contribution in [0, 0.1) is 5.82 Å². The zero-order valence-corrected chi connectivity index (χ0v) is 10.3. The summed E-state index contributed by atoms with van der Waals surface area (Å²) in [6.45, 7) is 2.01. The maximum absolute atomic E-state index is 14.3. The van der Waals surface area contributed by atoms with E-state index in [4.69, 9.17) is 0 Å². The van der Waals surface area contributed by atoms with Crippen LogP contribution in [0.15, 0.2) is 53.3 Å². The van der Waals surface area contributed by atoms with Crippen molar-refractivity contribution in [2.75, 3.05) is 0 Å². The Kier molecular flexibility index (Phi) is 3.88. The Balaban J connectivity index is 2.62. The van der Waals surface area contributed by atoms with Crippen LogP contribution < -0.4 is 5.43 Å². The molecule has 0 fully saturated rings. The first-order valence-corrected chi connectivity index (χ1v) is 6.11. The van der Waals surface area contributed by atoms with Crippen LogP contribution in [0.25, 0.3) is 11.1 Å². The highest BCUT2D eigenvalue weighted by atomic mass is 19.1. The van der Waals surface area contributed by atoms with Crippen LogP contribution in [0.4, 0.5) is 4.39 Å². The van der Waals surface area contributed by atoms with Crippen molar-refractivity contribution >= 4 is 0 Å². The molecule has 0 radical (unpaired) electrons. The molecule has 0 aliphatic rings. The highest BCUT2D eigenvalue weighted by Crippen LogP contribution is 2.22. The van der Waals surface area contributed by atoms with Crippen LogP contribution in [-0.4, -0.2) is 0 Å². The molecule has 0 atom stereocenters. The van der Waals surface area contributed by atoms with E-state index in [2.05, 4.69) is 0 Å². The van der Waals surface area contributed by atoms with Gasteiger partial charge in [-0.05, 0) is 18.1 Å². The standard InChI is InChI=1S/C16H15FO/c1-2-7-12-8-6-10-14(16(12)17)13-9-4-3-5-11-15(13)18/h3-6,8-11H,2,7H2,1H3. The van der Waals surface area contributed by atoms with Crippen LogP contribution in [-0.2, 0) is 6.42 Å². The first-order chi connectivity index (χ1) is 8.74. The van der Waals surface area contributed by atoms with Crippen LogP contribution in [0.5, 0.6) is 0 Å². The summed E-state index contributed by atoms with van der Waals surface area (Å²) in [6, 6.07) is 13.5. The quantitative estimate of drug-likeness (QED) is 0.800. The first-order valence-electron chi connectivity index (χ1n) is 6.11. The summed E-state index contributed by atoms with van der Waals surface area (Å²) in [5, 5.41) is 0. The van der Waals surface area contributed by atoms with Crippen molar-refractivity contribution < 1.29 is 4.39 Å². The van der Waals surface area contributed by atoms with E-state index in [0.29, 0.717) is 23.1 Å². The molecule has 0 aromatic heterocycles. The number of benzene rings is 1. The van der Waals surface area contributed by atoms with Crippen molar-refractivity contribution in [3.05, 3.63) is 70.1 Å². The normalized spacial score (nSPS) is 10.3. The molecule has 0 bridgehead atoms. The van der Waals surface area contributed by atoms with Crippen molar-refractivity contribution in [3.63, 3.8) is 0 Å². The molecule has 2 heteroatoms. The number of rotatable bonds is 3. The van der Waals surface area contributed by atoms with E-state index in [1.165, 1.54) is 6.07 Å². The predicted molar refractivity (Wildman–Crippen MR) is 72.1 cm³/mol. The molecule has 92 valence electrons. The topological polar surface area (TPSA) is 17.1 Å². The van der Waals surface area contributed by atoms with Crippen molar-refractivity contribution in [2.45, 2.75) is 19.8 Å². The van der Waals surface area contributed by atoms with Crippen molar-refractivity contribution in [1.29, 1.82) is 0 Å². The molecule has 0 heterocycles. The summed E-state index contributed by atoms with van der Waals surface area (Å²) >= 11 is 0. The van der Waals surface area contributed by atoms with E-state index in [9.17, 15) is 9.18 Å². The van der Waals surface area contributed by atoms with E-state index in [1.54, 1.807) is 42.5 Å². The van der Waals surface area contributed by atoms with E-state index in [-0.39, 0.29) is 11.2 Å². The number of hydrogen-bond donors (Lipinski definition) is 0. The zero-order chi connectivity index (χ0) is 13.0. The Morgan fingerprint density at radius 3 is 2.44 bits per heavy atom. The van der Waals surface area contributed by atoms with Gasteiger partial charge < -0.3 is 0 Å². The summed E-state index contributed by atoms with van der Waals surface area (Å²) in [4.78, 5) is 11.9. The maximum atomic E-state index is 14.3. The molecular weight excluding hydrogens is 227 g/mol. The largest absolute Gasteiger partial charge is 0.289 e. The smallest absolute Gasteiger partial charge is 0.186 e. The third kappa shape index (κ3) is 2.48. The lowest BCUT2D eigenvalue weighted by atomic mass is 10.0. The molecule has 2 aromatic rings. The Bertz CT molecular complexity index is 605. The van der Waals surface area contributed by atoms with Gasteiger partial charge in [0.25, 0.3) is 0 Å². The minimum Gasteiger partial charge on any atom is -0.289 e. The van der Waals surface area contributed by atoms with Gasteiger partial charge in [-0.2, -0.15) is 0 Å². The van der Waals surface area contributed by atoms with Gasteiger partial charge in [-0.3, -0.25) is 4.79 Å². The number of aryl methyl sites for hydroxylation is 1. The molecule has 2 aromatic carbocycles. The third-order valence-corrected chi connectivity index (χ3v) is 2.89. The van der Waals surface area contributed by atoms with Gasteiger partial charge in [0.15, 0.2) is 5.43 Å². The lowest BCUT2D eigenvalue weighted by Gasteiger charge is -2.06. The van der Waals surface area contributed by atoms with Gasteiger partial charge in [0.2, 0.25) is 0 Å². The molecule has 18 heavy (non-hydrogen) atoms. The molecule has 0 aliphatic carbocycles. The Labute approximate surface area is 106 Å². The van der Waals surface area contributed by atoms with Crippen LogP contribution in [0.1, 0.15) is 18.9 Å². The second-order valence-corrected chi connectivity index (χ2v) is 4.22. The Morgan fingerprint density at radius 1 is 0.944 bits per heavy atom. The summed E-state index contributed by atoms with van der Waals surface area (Å²) in [7, 11) is 0. The molecule has 0 N–H and O–H groups in total. The molecule has 0 amide bonds. The first kappa shape index (κ1) is 12.5. The van der Waals surface area contributed by atoms with Crippen LogP contribution in [0.3, 0.4) is 0 Å². The summed E-state index contributed by atoms with van der Waals surface area (Å²) in [5.41, 5.74) is 1.31. The SMILES string of the molecule is CCCc1cccc(-c2cccccc2=O)c1F. The van der Waals surface area contributed by atoms with Gasteiger partial charge in [-0.1, -0.05) is 55.8 Å². The maximum Gasteiger partial charge on any atom is 0.186 e. The minimum absolute atomic E-state index is 0.160. The van der Waals surface area contributed by atoms with Crippen LogP contribution >= 0.6 is 0 Å². The average molecular weight is 242 g/mol. The Morgan fingerprint density at radius 2 is 1.67 bits per heavy atom. The third-order valence-electron chi connectivity index (χ3n) is 2.89. The number of hydrogen-bond acceptors (Lipinski definition) is 1. The molecule has 0 aliphatic heterocycles. The highest BCUT2D eigenvalue weighted by molar-refractivity contribution is 5.64. The minimum atomic E-state index is -0.275. The van der Waals surface area contributed by atoms with Crippen molar-refractivity contribution in [1.82, 2.24) is 0 Å². The fourth-order valence-electron chi connectivity index (χ4n) is 2.00. The average Bonchev–Trinajstić information content (AvgIpc) is 2.57. The second kappa shape index (κ2) is 5.58. The molecule has 0 saturated carbocycles. The van der Waals surface area contributed by atoms with Gasteiger partial charge in [-0.15, -0.1) is 0 Å². The van der Waals surface area contributed by atoms with Gasteiger partial charge in [0.05, 0.1) is 0 Å². The van der Waals surface area contributed by atoms with E-state index in [0.717, 1.165) is 6.42 Å². The fraction of sp³-hybridized carbons (Fsp3) is 0.188. The van der Waals surface area contributed by atoms with Gasteiger partial charge >= 0.3 is 0 Å². The fourth-order valence-corrected chi connectivity index (χ4v) is 2.00. The summed E-state index contributed by atoms with van der Waals surface area (Å²) in [6.07, 6.45) is 1.57. The van der Waals surface area contributed by atoms with E-state index in [1.807, 2.05) is 6.92 Å². The highest BCUT2D eigenvalue weighted by Gasteiger charge is 2.10. The zero-order valence-electron chi connectivity index (χ0n) is 10.3. The van der Waals surface area contributed by atoms with E-state index >= 15 is 0 Å². The predicted octanol–water partition coefficient (Wildman–Crippen LogP) is 3.81. The molecule has 1 nitrogen and oxygen atoms in total. The van der Waals surface area contributed by atoms with Crippen molar-refractivity contribution in [3.8, 4) is 11.1 Å². The Hall–Kier alpha value is -1.96. The van der Waals surface area contributed by atoms with Gasteiger partial charge in [-0.25, -0.2) is 4.39 Å². The number of halogens is 1. The monoisotopic (exact) mass is 242 g/mol.